The Morgan fingerprint density at radius 2 is 1.56 bits per heavy atom. The first kappa shape index (κ1) is 27.5. The minimum atomic E-state index is -0.525. The van der Waals surface area contributed by atoms with Crippen molar-refractivity contribution >= 4 is 23.6 Å². The number of ether oxygens (including phenoxy) is 3. The Labute approximate surface area is 226 Å². The van der Waals surface area contributed by atoms with Crippen LogP contribution in [0.2, 0.25) is 0 Å². The molecule has 204 valence electrons. The zero-order valence-electron chi connectivity index (χ0n) is 22.3. The second-order valence-electron chi connectivity index (χ2n) is 9.30. The van der Waals surface area contributed by atoms with Gasteiger partial charge in [0.2, 0.25) is 11.8 Å². The molecular formula is C28H31N5O6. The molecule has 0 spiro atoms. The van der Waals surface area contributed by atoms with E-state index in [0.29, 0.717) is 24.4 Å². The van der Waals surface area contributed by atoms with Gasteiger partial charge in [0.1, 0.15) is 11.6 Å². The fourth-order valence-corrected chi connectivity index (χ4v) is 3.84. The first-order chi connectivity index (χ1) is 18.7. The number of pyridine rings is 2. The van der Waals surface area contributed by atoms with E-state index in [-0.39, 0.29) is 40.7 Å². The second-order valence-corrected chi connectivity index (χ2v) is 9.30. The summed E-state index contributed by atoms with van der Waals surface area (Å²) < 4.78 is 16.3. The predicted octanol–water partition coefficient (Wildman–Crippen LogP) is 3.48. The van der Waals surface area contributed by atoms with Gasteiger partial charge in [-0.2, -0.15) is 4.98 Å². The van der Waals surface area contributed by atoms with E-state index in [2.05, 4.69) is 24.9 Å². The zero-order valence-corrected chi connectivity index (χ0v) is 22.3. The number of hydrogen-bond acceptors (Lipinski definition) is 9. The van der Waals surface area contributed by atoms with Gasteiger partial charge in [-0.25, -0.2) is 9.78 Å². The van der Waals surface area contributed by atoms with Crippen LogP contribution in [0.5, 0.6) is 17.5 Å². The third-order valence-electron chi connectivity index (χ3n) is 5.94. The van der Waals surface area contributed by atoms with Crippen LogP contribution < -0.4 is 14.8 Å². The molecule has 11 heteroatoms. The van der Waals surface area contributed by atoms with Crippen LogP contribution in [-0.4, -0.2) is 84.0 Å². The summed E-state index contributed by atoms with van der Waals surface area (Å²) in [5.41, 5.74) is 1.07. The van der Waals surface area contributed by atoms with Gasteiger partial charge in [0.15, 0.2) is 0 Å². The summed E-state index contributed by atoms with van der Waals surface area (Å²) in [7, 11) is 3.32. The van der Waals surface area contributed by atoms with E-state index < -0.39 is 11.9 Å². The molecule has 3 heterocycles. The van der Waals surface area contributed by atoms with Crippen molar-refractivity contribution in [2.75, 3.05) is 45.7 Å². The van der Waals surface area contributed by atoms with Crippen molar-refractivity contribution in [1.82, 2.24) is 19.8 Å². The van der Waals surface area contributed by atoms with Gasteiger partial charge in [0, 0.05) is 50.1 Å². The molecule has 1 aromatic carbocycles. The van der Waals surface area contributed by atoms with E-state index in [9.17, 15) is 14.4 Å². The number of nitrogens with zero attached hydrogens (tertiary/aromatic N) is 4. The normalized spacial score (nSPS) is 13.6. The number of carbonyl (C=O) groups excluding carboxylic acids is 3. The molecule has 0 bridgehead atoms. The number of hydrogen-bond donors (Lipinski definition) is 1. The zero-order chi connectivity index (χ0) is 27.9. The summed E-state index contributed by atoms with van der Waals surface area (Å²) in [5.74, 6) is 0.0384. The molecule has 0 unspecified atom stereocenters. The highest BCUT2D eigenvalue weighted by molar-refractivity contribution is 6.04. The first-order valence-electron chi connectivity index (χ1n) is 12.5. The molecule has 1 aliphatic heterocycles. The minimum Gasteiger partial charge on any atom is -0.475 e. The molecule has 1 N–H and O–H groups in total. The number of piperazine rings is 1. The summed E-state index contributed by atoms with van der Waals surface area (Å²) in [6.07, 6.45) is 1.13. The molecule has 2 amide bonds. The Morgan fingerprint density at radius 1 is 0.897 bits per heavy atom. The van der Waals surface area contributed by atoms with Crippen molar-refractivity contribution in [1.29, 1.82) is 0 Å². The standard InChI is InChI=1S/C28H31N5O6/c1-18(2)38-24-15-21(26(34)30-23-10-7-20(17-29-23)28(36)37-4)16-25(31-24)39-22-8-5-19(6-9-22)27(35)33-13-11-32(3)12-14-33/h5-10,15-18H,11-14H2,1-4H3,(H,29,30,34). The summed E-state index contributed by atoms with van der Waals surface area (Å²) in [4.78, 5) is 49.9. The lowest BCUT2D eigenvalue weighted by Crippen LogP contribution is -2.47. The van der Waals surface area contributed by atoms with Crippen molar-refractivity contribution in [2.45, 2.75) is 20.0 Å². The number of likely N-dealkylation sites (N-methyl/N-ethyl adjacent to an activating group) is 1. The van der Waals surface area contributed by atoms with Gasteiger partial charge < -0.3 is 29.3 Å². The molecule has 1 fully saturated rings. The SMILES string of the molecule is COC(=O)c1ccc(NC(=O)c2cc(Oc3ccc(C(=O)N4CCN(C)CC4)cc3)nc(OC(C)C)c2)nc1. The Hall–Kier alpha value is -4.51. The lowest BCUT2D eigenvalue weighted by atomic mass is 10.1. The van der Waals surface area contributed by atoms with Crippen molar-refractivity contribution in [2.24, 2.45) is 0 Å². The lowest BCUT2D eigenvalue weighted by Gasteiger charge is -2.32. The number of amides is 2. The van der Waals surface area contributed by atoms with Gasteiger partial charge >= 0.3 is 5.97 Å². The summed E-state index contributed by atoms with van der Waals surface area (Å²) in [6, 6.07) is 12.8. The summed E-state index contributed by atoms with van der Waals surface area (Å²) in [6.45, 7) is 6.76. The van der Waals surface area contributed by atoms with Gasteiger partial charge in [0.25, 0.3) is 11.8 Å². The molecule has 3 aromatic rings. The van der Waals surface area contributed by atoms with E-state index in [4.69, 9.17) is 9.47 Å². The topological polar surface area (TPSA) is 123 Å². The van der Waals surface area contributed by atoms with Gasteiger partial charge in [-0.15, -0.1) is 0 Å². The highest BCUT2D eigenvalue weighted by atomic mass is 16.5. The van der Waals surface area contributed by atoms with Crippen LogP contribution in [0.25, 0.3) is 0 Å². The number of esters is 1. The van der Waals surface area contributed by atoms with E-state index >= 15 is 0 Å². The van der Waals surface area contributed by atoms with Gasteiger partial charge in [-0.1, -0.05) is 0 Å². The Balaban J connectivity index is 1.48. The van der Waals surface area contributed by atoms with Crippen LogP contribution in [0.15, 0.2) is 54.7 Å². The lowest BCUT2D eigenvalue weighted by molar-refractivity contribution is 0.0599. The van der Waals surface area contributed by atoms with Crippen molar-refractivity contribution in [3.8, 4) is 17.5 Å². The van der Waals surface area contributed by atoms with Gasteiger partial charge in [-0.3, -0.25) is 9.59 Å². The molecule has 0 saturated carbocycles. The monoisotopic (exact) mass is 533 g/mol. The fraction of sp³-hybridized carbons (Fsp3) is 0.321. The molecule has 0 aliphatic carbocycles. The summed E-state index contributed by atoms with van der Waals surface area (Å²) in [5, 5.41) is 2.68. The number of rotatable bonds is 8. The van der Waals surface area contributed by atoms with Crippen LogP contribution in [0.3, 0.4) is 0 Å². The number of nitrogens with one attached hydrogen (secondary N) is 1. The van der Waals surface area contributed by atoms with E-state index in [1.165, 1.54) is 37.6 Å². The molecule has 1 saturated heterocycles. The molecule has 11 nitrogen and oxygen atoms in total. The Morgan fingerprint density at radius 3 is 2.18 bits per heavy atom. The number of carbonyl (C=O) groups is 3. The number of benzene rings is 1. The highest BCUT2D eigenvalue weighted by Gasteiger charge is 2.20. The van der Waals surface area contributed by atoms with Crippen LogP contribution >= 0.6 is 0 Å². The molecule has 0 radical (unpaired) electrons. The fourth-order valence-electron chi connectivity index (χ4n) is 3.84. The van der Waals surface area contributed by atoms with E-state index in [1.54, 1.807) is 24.3 Å². The van der Waals surface area contributed by atoms with Gasteiger partial charge in [0.05, 0.1) is 24.3 Å². The third-order valence-corrected chi connectivity index (χ3v) is 5.94. The van der Waals surface area contributed by atoms with Crippen LogP contribution in [0, 0.1) is 0 Å². The molecular weight excluding hydrogens is 502 g/mol. The average molecular weight is 534 g/mol. The predicted molar refractivity (Wildman–Crippen MR) is 143 cm³/mol. The highest BCUT2D eigenvalue weighted by Crippen LogP contribution is 2.26. The molecule has 0 atom stereocenters. The third kappa shape index (κ3) is 7.29. The Bertz CT molecular complexity index is 1320. The summed E-state index contributed by atoms with van der Waals surface area (Å²) >= 11 is 0. The van der Waals surface area contributed by atoms with Crippen LogP contribution in [0.1, 0.15) is 44.9 Å². The average Bonchev–Trinajstić information content (AvgIpc) is 2.93. The maximum absolute atomic E-state index is 13.0. The van der Waals surface area contributed by atoms with Crippen molar-refractivity contribution < 1.29 is 28.6 Å². The van der Waals surface area contributed by atoms with E-state index in [1.807, 2.05) is 25.8 Å². The number of methoxy groups -OCH3 is 1. The van der Waals surface area contributed by atoms with Crippen LogP contribution in [0.4, 0.5) is 5.82 Å². The maximum atomic E-state index is 13.0. The molecule has 4 rings (SSSR count). The molecule has 39 heavy (non-hydrogen) atoms. The number of aromatic nitrogens is 2. The minimum absolute atomic E-state index is 0.0210. The molecule has 1 aliphatic rings. The second kappa shape index (κ2) is 12.4. The maximum Gasteiger partial charge on any atom is 0.339 e. The quantitative estimate of drug-likeness (QED) is 0.434. The Kier molecular flexibility index (Phi) is 8.72. The van der Waals surface area contributed by atoms with Crippen molar-refractivity contribution in [3.63, 3.8) is 0 Å². The van der Waals surface area contributed by atoms with E-state index in [0.717, 1.165) is 13.1 Å². The first-order valence-corrected chi connectivity index (χ1v) is 12.5. The van der Waals surface area contributed by atoms with Crippen LogP contribution in [-0.2, 0) is 4.74 Å². The largest absolute Gasteiger partial charge is 0.475 e. The molecule has 2 aromatic heterocycles. The number of anilines is 1. The van der Waals surface area contributed by atoms with Gasteiger partial charge in [-0.05, 0) is 57.3 Å². The van der Waals surface area contributed by atoms with Crippen molar-refractivity contribution in [3.05, 3.63) is 71.4 Å². The smallest absolute Gasteiger partial charge is 0.339 e.